The average Bonchev–Trinajstić information content (AvgIpc) is 3.33. The van der Waals surface area contributed by atoms with Gasteiger partial charge < -0.3 is 20.3 Å². The van der Waals surface area contributed by atoms with Crippen molar-refractivity contribution in [1.29, 1.82) is 0 Å². The minimum absolute atomic E-state index is 0.0928. The number of hydrogen-bond acceptors (Lipinski definition) is 5. The van der Waals surface area contributed by atoms with Crippen molar-refractivity contribution in [3.05, 3.63) is 72.0 Å². The van der Waals surface area contributed by atoms with Gasteiger partial charge in [0, 0.05) is 6.42 Å². The van der Waals surface area contributed by atoms with Crippen molar-refractivity contribution in [3.63, 3.8) is 0 Å². The molecule has 0 saturated carbocycles. The minimum atomic E-state index is 0.0928. The molecule has 134 valence electrons. The Hall–Kier alpha value is -3.47. The molecule has 1 aromatic heterocycles. The minimum Gasteiger partial charge on any atom is -0.497 e. The lowest BCUT2D eigenvalue weighted by Crippen LogP contribution is -2.09. The number of furan rings is 1. The fourth-order valence-corrected chi connectivity index (χ4v) is 3.72. The summed E-state index contributed by atoms with van der Waals surface area (Å²) in [7, 11) is 1.66. The number of nitrogens with one attached hydrogen (secondary N) is 1. The number of methoxy groups -OCH3 is 1. The molecule has 0 amide bonds. The van der Waals surface area contributed by atoms with Gasteiger partial charge in [-0.05, 0) is 34.5 Å². The molecule has 1 aliphatic rings. The molecular formula is C22H19N3O2. The smallest absolute Gasteiger partial charge is 0.174 e. The lowest BCUT2D eigenvalue weighted by Gasteiger charge is -2.10. The van der Waals surface area contributed by atoms with Gasteiger partial charge in [-0.3, -0.25) is 0 Å². The van der Waals surface area contributed by atoms with E-state index in [1.54, 1.807) is 7.11 Å². The molecule has 5 heteroatoms. The molecule has 5 nitrogen and oxygen atoms in total. The second kappa shape index (κ2) is 6.06. The van der Waals surface area contributed by atoms with E-state index in [4.69, 9.17) is 14.9 Å². The topological polar surface area (TPSA) is 72.8 Å². The zero-order valence-electron chi connectivity index (χ0n) is 14.9. The summed E-state index contributed by atoms with van der Waals surface area (Å²) in [6, 6.07) is 20.3. The maximum absolute atomic E-state index is 6.49. The molecule has 3 aromatic carbocycles. The second-order valence-corrected chi connectivity index (χ2v) is 6.72. The zero-order valence-corrected chi connectivity index (χ0v) is 14.9. The van der Waals surface area contributed by atoms with Crippen molar-refractivity contribution in [1.82, 2.24) is 5.43 Å². The first-order valence-electron chi connectivity index (χ1n) is 8.91. The van der Waals surface area contributed by atoms with E-state index in [2.05, 4.69) is 28.7 Å². The number of ether oxygens (including phenoxy) is 1. The van der Waals surface area contributed by atoms with Crippen LogP contribution >= 0.6 is 0 Å². The Morgan fingerprint density at radius 3 is 2.70 bits per heavy atom. The Balaban J connectivity index is 1.50. The number of nitrogens with zero attached hydrogens (tertiary/aromatic N) is 1. The molecule has 1 aliphatic heterocycles. The van der Waals surface area contributed by atoms with Crippen LogP contribution in [-0.2, 0) is 0 Å². The summed E-state index contributed by atoms with van der Waals surface area (Å²) in [6.45, 7) is 0. The fourth-order valence-electron chi connectivity index (χ4n) is 3.72. The van der Waals surface area contributed by atoms with Crippen LogP contribution in [0.4, 0.5) is 5.69 Å². The highest BCUT2D eigenvalue weighted by Crippen LogP contribution is 2.37. The van der Waals surface area contributed by atoms with Crippen LogP contribution in [0.3, 0.4) is 0 Å². The van der Waals surface area contributed by atoms with E-state index < -0.39 is 0 Å². The summed E-state index contributed by atoms with van der Waals surface area (Å²) in [5.41, 5.74) is 13.1. The normalized spacial score (nSPS) is 16.5. The number of nitrogens with two attached hydrogens (primary N) is 1. The van der Waals surface area contributed by atoms with Crippen LogP contribution in [0.1, 0.15) is 23.8 Å². The highest BCUT2D eigenvalue weighted by molar-refractivity contribution is 6.17. The number of benzene rings is 3. The molecule has 3 N–H and O–H groups in total. The molecule has 5 rings (SSSR count). The van der Waals surface area contributed by atoms with Gasteiger partial charge in [-0.15, -0.1) is 0 Å². The predicted octanol–water partition coefficient (Wildman–Crippen LogP) is 4.62. The Bertz CT molecular complexity index is 1180. The molecule has 0 aliphatic carbocycles. The maximum atomic E-state index is 6.49. The van der Waals surface area contributed by atoms with Crippen LogP contribution in [0.2, 0.25) is 0 Å². The first-order chi connectivity index (χ1) is 13.2. The number of rotatable bonds is 3. The molecule has 0 bridgehead atoms. The van der Waals surface area contributed by atoms with Gasteiger partial charge >= 0.3 is 0 Å². The van der Waals surface area contributed by atoms with Crippen LogP contribution in [0, 0.1) is 0 Å². The summed E-state index contributed by atoms with van der Waals surface area (Å²) >= 11 is 0. The van der Waals surface area contributed by atoms with Crippen molar-refractivity contribution < 1.29 is 9.15 Å². The molecule has 27 heavy (non-hydrogen) atoms. The number of fused-ring (bicyclic) bond motifs is 3. The molecule has 0 radical (unpaired) electrons. The number of hydrogen-bond donors (Lipinski definition) is 2. The third-order valence-corrected chi connectivity index (χ3v) is 5.15. The highest BCUT2D eigenvalue weighted by atomic mass is 16.5. The van der Waals surface area contributed by atoms with E-state index in [0.29, 0.717) is 17.9 Å². The van der Waals surface area contributed by atoms with Crippen molar-refractivity contribution in [3.8, 4) is 5.75 Å². The first-order valence-corrected chi connectivity index (χ1v) is 8.91. The van der Waals surface area contributed by atoms with Crippen molar-refractivity contribution in [2.75, 3.05) is 12.8 Å². The summed E-state index contributed by atoms with van der Waals surface area (Å²) in [6.07, 6.45) is 0.717. The van der Waals surface area contributed by atoms with Gasteiger partial charge in [-0.1, -0.05) is 42.5 Å². The van der Waals surface area contributed by atoms with Crippen LogP contribution in [-0.4, -0.2) is 12.8 Å². The average molecular weight is 357 g/mol. The monoisotopic (exact) mass is 357 g/mol. The summed E-state index contributed by atoms with van der Waals surface area (Å²) in [5.74, 6) is 1.50. The molecule has 4 aromatic rings. The maximum Gasteiger partial charge on any atom is 0.174 e. The van der Waals surface area contributed by atoms with Gasteiger partial charge in [0.05, 0.1) is 24.2 Å². The number of anilines is 1. The second-order valence-electron chi connectivity index (χ2n) is 6.72. The van der Waals surface area contributed by atoms with E-state index >= 15 is 0 Å². The molecular weight excluding hydrogens is 338 g/mol. The van der Waals surface area contributed by atoms with Crippen LogP contribution in [0.5, 0.6) is 5.75 Å². The molecule has 0 saturated heterocycles. The van der Waals surface area contributed by atoms with Crippen LogP contribution < -0.4 is 15.9 Å². The molecule has 1 atom stereocenters. The van der Waals surface area contributed by atoms with E-state index in [9.17, 15) is 0 Å². The quantitative estimate of drug-likeness (QED) is 0.561. The molecule has 0 spiro atoms. The number of nitrogen functional groups attached to an aromatic ring is 1. The fraction of sp³-hybridized carbons (Fsp3) is 0.136. The third kappa shape index (κ3) is 2.51. The van der Waals surface area contributed by atoms with Gasteiger partial charge in [-0.25, -0.2) is 0 Å². The Morgan fingerprint density at radius 2 is 1.89 bits per heavy atom. The van der Waals surface area contributed by atoms with Crippen molar-refractivity contribution >= 4 is 33.1 Å². The Labute approximate surface area is 156 Å². The van der Waals surface area contributed by atoms with Gasteiger partial charge in [0.25, 0.3) is 0 Å². The predicted molar refractivity (Wildman–Crippen MR) is 108 cm³/mol. The van der Waals surface area contributed by atoms with Gasteiger partial charge in [0.2, 0.25) is 0 Å². The summed E-state index contributed by atoms with van der Waals surface area (Å²) in [5, 5.41) is 7.70. The summed E-state index contributed by atoms with van der Waals surface area (Å²) in [4.78, 5) is 0. The standard InChI is InChI=1S/C22H19N3O2/c1-26-15-9-6-14(7-10-15)17-12-18(25-24-17)22-21(23)20-16-5-3-2-4-13(16)8-11-19(20)27-22/h2-11,17,24H,12,23H2,1H3. The lowest BCUT2D eigenvalue weighted by molar-refractivity contribution is 0.414. The SMILES string of the molecule is COc1ccc(C2CC(c3oc4ccc5ccccc5c4c3N)=NN2)cc1. The van der Waals surface area contributed by atoms with Crippen molar-refractivity contribution in [2.24, 2.45) is 5.10 Å². The van der Waals surface area contributed by atoms with Crippen LogP contribution in [0.25, 0.3) is 21.7 Å². The molecule has 1 unspecified atom stereocenters. The first kappa shape index (κ1) is 15.8. The Kier molecular flexibility index (Phi) is 3.53. The largest absolute Gasteiger partial charge is 0.497 e. The van der Waals surface area contributed by atoms with Crippen molar-refractivity contribution in [2.45, 2.75) is 12.5 Å². The van der Waals surface area contributed by atoms with Gasteiger partial charge in [0.1, 0.15) is 17.0 Å². The Morgan fingerprint density at radius 1 is 1.07 bits per heavy atom. The number of hydrazone groups is 1. The highest BCUT2D eigenvalue weighted by Gasteiger charge is 2.26. The third-order valence-electron chi connectivity index (χ3n) is 5.15. The van der Waals surface area contributed by atoms with Gasteiger partial charge in [-0.2, -0.15) is 5.10 Å². The van der Waals surface area contributed by atoms with Crippen LogP contribution in [0.15, 0.2) is 70.2 Å². The zero-order chi connectivity index (χ0) is 18.4. The van der Waals surface area contributed by atoms with Gasteiger partial charge in [0.15, 0.2) is 5.76 Å². The van der Waals surface area contributed by atoms with E-state index in [1.807, 2.05) is 42.5 Å². The van der Waals surface area contributed by atoms with E-state index in [0.717, 1.165) is 38.8 Å². The van der Waals surface area contributed by atoms with E-state index in [-0.39, 0.29) is 6.04 Å². The van der Waals surface area contributed by atoms with E-state index in [1.165, 1.54) is 0 Å². The summed E-state index contributed by atoms with van der Waals surface area (Å²) < 4.78 is 11.3. The molecule has 2 heterocycles. The molecule has 0 fully saturated rings. The lowest BCUT2D eigenvalue weighted by atomic mass is 10.0.